The molecule has 1 aliphatic rings. The fraction of sp³-hybridized carbons (Fsp3) is 0.588. The van der Waals surface area contributed by atoms with Crippen LogP contribution in [0, 0.1) is 5.41 Å². The molecule has 146 valence electrons. The first-order chi connectivity index (χ1) is 11.6. The van der Waals surface area contributed by atoms with Crippen LogP contribution in [0.5, 0.6) is 0 Å². The third kappa shape index (κ3) is 4.24. The van der Waals surface area contributed by atoms with Crippen LogP contribution in [0.3, 0.4) is 0 Å². The molecular formula is C17H19F6NO2. The van der Waals surface area contributed by atoms with E-state index in [1.807, 2.05) is 20.8 Å². The van der Waals surface area contributed by atoms with Crippen LogP contribution in [0.25, 0.3) is 0 Å². The summed E-state index contributed by atoms with van der Waals surface area (Å²) in [6.45, 7) is 6.74. The van der Waals surface area contributed by atoms with E-state index in [4.69, 9.17) is 4.74 Å². The smallest absolute Gasteiger partial charge is 0.416 e. The second-order valence-electron chi connectivity index (χ2n) is 7.45. The summed E-state index contributed by atoms with van der Waals surface area (Å²) in [5.41, 5.74) is -3.50. The van der Waals surface area contributed by atoms with Crippen LogP contribution in [0.2, 0.25) is 0 Å². The normalized spacial score (nSPS) is 21.9. The number of amides is 1. The number of carbonyl (C=O) groups excluding carboxylic acids is 1. The molecule has 1 aliphatic heterocycles. The van der Waals surface area contributed by atoms with Gasteiger partial charge >= 0.3 is 18.4 Å². The molecule has 1 amide bonds. The van der Waals surface area contributed by atoms with E-state index in [0.29, 0.717) is 12.1 Å². The fourth-order valence-corrected chi connectivity index (χ4v) is 3.02. The Balaban J connectivity index is 2.39. The van der Waals surface area contributed by atoms with Gasteiger partial charge in [-0.15, -0.1) is 0 Å². The molecule has 0 spiro atoms. The highest BCUT2D eigenvalue weighted by Gasteiger charge is 2.45. The van der Waals surface area contributed by atoms with Gasteiger partial charge in [0, 0.05) is 12.0 Å². The minimum Gasteiger partial charge on any atom is -0.443 e. The SMILES string of the molecule is C[C@H]1[C@@H](C(C)(C)C)OC(=O)N1Cc1cc(C(F)(F)F)cc(C(F)(F)F)c1. The van der Waals surface area contributed by atoms with Crippen molar-refractivity contribution in [1.29, 1.82) is 0 Å². The van der Waals surface area contributed by atoms with E-state index in [-0.39, 0.29) is 11.6 Å². The van der Waals surface area contributed by atoms with Crippen LogP contribution < -0.4 is 0 Å². The number of alkyl halides is 6. The van der Waals surface area contributed by atoms with E-state index in [1.165, 1.54) is 0 Å². The van der Waals surface area contributed by atoms with E-state index in [2.05, 4.69) is 0 Å². The first kappa shape index (κ1) is 20.4. The first-order valence-corrected chi connectivity index (χ1v) is 7.86. The second kappa shape index (κ2) is 6.35. The third-order valence-electron chi connectivity index (χ3n) is 4.25. The van der Waals surface area contributed by atoms with Gasteiger partial charge in [0.05, 0.1) is 17.2 Å². The Bertz CT molecular complexity index is 658. The van der Waals surface area contributed by atoms with Gasteiger partial charge in [-0.2, -0.15) is 26.3 Å². The Morgan fingerprint density at radius 1 is 0.962 bits per heavy atom. The molecule has 9 heteroatoms. The lowest BCUT2D eigenvalue weighted by Crippen LogP contribution is -2.39. The van der Waals surface area contributed by atoms with Gasteiger partial charge in [-0.05, 0) is 30.7 Å². The minimum atomic E-state index is -4.93. The van der Waals surface area contributed by atoms with Gasteiger partial charge in [-0.25, -0.2) is 4.79 Å². The first-order valence-electron chi connectivity index (χ1n) is 7.86. The van der Waals surface area contributed by atoms with E-state index in [1.54, 1.807) is 6.92 Å². The van der Waals surface area contributed by atoms with Crippen molar-refractivity contribution in [3.8, 4) is 0 Å². The summed E-state index contributed by atoms with van der Waals surface area (Å²) in [4.78, 5) is 13.2. The molecule has 0 radical (unpaired) electrons. The summed E-state index contributed by atoms with van der Waals surface area (Å²) in [5.74, 6) is 0. The van der Waals surface area contributed by atoms with Crippen molar-refractivity contribution in [3.63, 3.8) is 0 Å². The second-order valence-corrected chi connectivity index (χ2v) is 7.45. The topological polar surface area (TPSA) is 29.5 Å². The van der Waals surface area contributed by atoms with Gasteiger partial charge in [0.25, 0.3) is 0 Å². The maximum atomic E-state index is 12.9. The number of hydrogen-bond acceptors (Lipinski definition) is 2. The molecule has 0 N–H and O–H groups in total. The van der Waals surface area contributed by atoms with E-state index >= 15 is 0 Å². The summed E-state index contributed by atoms with van der Waals surface area (Å²) < 4.78 is 83.0. The highest BCUT2D eigenvalue weighted by atomic mass is 19.4. The van der Waals surface area contributed by atoms with Crippen LogP contribution in [-0.4, -0.2) is 23.1 Å². The molecule has 0 unspecified atom stereocenters. The predicted molar refractivity (Wildman–Crippen MR) is 81.2 cm³/mol. The summed E-state index contributed by atoms with van der Waals surface area (Å²) in [6.07, 6.45) is -11.1. The monoisotopic (exact) mass is 383 g/mol. The van der Waals surface area contributed by atoms with Crippen molar-refractivity contribution in [2.45, 2.75) is 58.7 Å². The van der Waals surface area contributed by atoms with E-state index in [9.17, 15) is 31.1 Å². The van der Waals surface area contributed by atoms with Gasteiger partial charge in [0.15, 0.2) is 0 Å². The Hall–Kier alpha value is -1.93. The van der Waals surface area contributed by atoms with Crippen molar-refractivity contribution in [2.24, 2.45) is 5.41 Å². The summed E-state index contributed by atoms with van der Waals surface area (Å²) in [5, 5.41) is 0. The zero-order valence-electron chi connectivity index (χ0n) is 14.6. The standard InChI is InChI=1S/C17H19F6NO2/c1-9-13(15(2,3)4)26-14(25)24(9)8-10-5-11(16(18,19)20)7-12(6-10)17(21,22)23/h5-7,9,13H,8H2,1-4H3/t9-,13-/m0/s1. The Morgan fingerprint density at radius 2 is 1.42 bits per heavy atom. The molecule has 0 aromatic heterocycles. The molecule has 0 saturated carbocycles. The maximum absolute atomic E-state index is 12.9. The number of benzene rings is 1. The highest BCUT2D eigenvalue weighted by molar-refractivity contribution is 5.70. The fourth-order valence-electron chi connectivity index (χ4n) is 3.02. The van der Waals surface area contributed by atoms with E-state index < -0.39 is 53.7 Å². The van der Waals surface area contributed by atoms with Crippen molar-refractivity contribution < 1.29 is 35.9 Å². The number of ether oxygens (including phenoxy) is 1. The van der Waals surface area contributed by atoms with Gasteiger partial charge in [0.2, 0.25) is 0 Å². The van der Waals surface area contributed by atoms with Gasteiger partial charge in [-0.3, -0.25) is 4.90 Å². The zero-order valence-corrected chi connectivity index (χ0v) is 14.6. The molecule has 1 aromatic carbocycles. The average Bonchev–Trinajstić information content (AvgIpc) is 2.73. The molecule has 2 atom stereocenters. The summed E-state index contributed by atoms with van der Waals surface area (Å²) >= 11 is 0. The lowest BCUT2D eigenvalue weighted by atomic mass is 9.85. The van der Waals surface area contributed by atoms with Crippen LogP contribution in [0.4, 0.5) is 31.1 Å². The molecule has 26 heavy (non-hydrogen) atoms. The minimum absolute atomic E-state index is 0.0627. The van der Waals surface area contributed by atoms with Gasteiger partial charge in [-0.1, -0.05) is 20.8 Å². The Kier molecular flexibility index (Phi) is 4.98. The van der Waals surface area contributed by atoms with Crippen molar-refractivity contribution >= 4 is 6.09 Å². The predicted octanol–water partition coefficient (Wildman–Crippen LogP) is 5.48. The van der Waals surface area contributed by atoms with Crippen LogP contribution >= 0.6 is 0 Å². The molecular weight excluding hydrogens is 364 g/mol. The lowest BCUT2D eigenvalue weighted by Gasteiger charge is -2.29. The molecule has 1 fully saturated rings. The highest BCUT2D eigenvalue weighted by Crippen LogP contribution is 2.38. The number of hydrogen-bond donors (Lipinski definition) is 0. The summed E-state index contributed by atoms with van der Waals surface area (Å²) in [7, 11) is 0. The molecule has 0 aliphatic carbocycles. The molecule has 2 rings (SSSR count). The average molecular weight is 383 g/mol. The zero-order chi connectivity index (χ0) is 20.1. The van der Waals surface area contributed by atoms with Crippen LogP contribution in [0.1, 0.15) is 44.4 Å². The van der Waals surface area contributed by atoms with Crippen LogP contribution in [0.15, 0.2) is 18.2 Å². The largest absolute Gasteiger partial charge is 0.443 e. The van der Waals surface area contributed by atoms with Crippen molar-refractivity contribution in [3.05, 3.63) is 34.9 Å². The van der Waals surface area contributed by atoms with Gasteiger partial charge < -0.3 is 4.74 Å². The number of nitrogens with zero attached hydrogens (tertiary/aromatic N) is 1. The maximum Gasteiger partial charge on any atom is 0.416 e. The summed E-state index contributed by atoms with van der Waals surface area (Å²) in [6, 6.07) is 0.818. The van der Waals surface area contributed by atoms with Crippen molar-refractivity contribution in [2.75, 3.05) is 0 Å². The Morgan fingerprint density at radius 3 is 1.77 bits per heavy atom. The molecule has 1 aromatic rings. The Labute approximate surface area is 146 Å². The van der Waals surface area contributed by atoms with E-state index in [0.717, 1.165) is 4.90 Å². The number of halogens is 6. The third-order valence-corrected chi connectivity index (χ3v) is 4.25. The molecule has 1 heterocycles. The molecule has 0 bridgehead atoms. The number of cyclic esters (lactones) is 1. The quantitative estimate of drug-likeness (QED) is 0.633. The van der Waals surface area contributed by atoms with Crippen molar-refractivity contribution in [1.82, 2.24) is 4.90 Å². The molecule has 3 nitrogen and oxygen atoms in total. The molecule has 1 saturated heterocycles. The number of rotatable bonds is 2. The van der Waals surface area contributed by atoms with Crippen LogP contribution in [-0.2, 0) is 23.6 Å². The van der Waals surface area contributed by atoms with Gasteiger partial charge in [0.1, 0.15) is 6.10 Å². The lowest BCUT2D eigenvalue weighted by molar-refractivity contribution is -0.143. The number of carbonyl (C=O) groups is 1.